The van der Waals surface area contributed by atoms with Gasteiger partial charge in [-0.05, 0) is 63.3 Å². The maximum absolute atomic E-state index is 3.98. The second-order valence-corrected chi connectivity index (χ2v) is 7.65. The van der Waals surface area contributed by atoms with Crippen molar-refractivity contribution in [3.63, 3.8) is 0 Å². The average molecular weight is 264 g/mol. The molecule has 0 bridgehead atoms. The third-order valence-electron chi connectivity index (χ3n) is 6.28. The molecule has 3 fully saturated rings. The van der Waals surface area contributed by atoms with E-state index in [4.69, 9.17) is 0 Å². The Labute approximate surface area is 119 Å². The molecular formula is C17H32N2. The zero-order valence-electron chi connectivity index (χ0n) is 13.1. The summed E-state index contributed by atoms with van der Waals surface area (Å²) in [4.78, 5) is 2.70. The van der Waals surface area contributed by atoms with Gasteiger partial charge in [-0.1, -0.05) is 26.7 Å². The SMILES string of the molecule is CC(C)C1CCC(C2NC3CCCCC3N2C)CC1. The number of fused-ring (bicyclic) bond motifs is 1. The van der Waals surface area contributed by atoms with Gasteiger partial charge in [0.05, 0.1) is 6.17 Å². The normalized spacial score (nSPS) is 44.5. The number of nitrogens with zero attached hydrogens (tertiary/aromatic N) is 1. The second-order valence-electron chi connectivity index (χ2n) is 7.65. The molecule has 110 valence electrons. The highest BCUT2D eigenvalue weighted by atomic mass is 15.4. The number of likely N-dealkylation sites (N-methyl/N-ethyl adjacent to an activating group) is 1. The van der Waals surface area contributed by atoms with Gasteiger partial charge >= 0.3 is 0 Å². The molecule has 0 aromatic heterocycles. The molecule has 0 amide bonds. The first-order valence-electron chi connectivity index (χ1n) is 8.65. The molecule has 2 nitrogen and oxygen atoms in total. The predicted octanol–water partition coefficient (Wildman–Crippen LogP) is 3.62. The molecular weight excluding hydrogens is 232 g/mol. The predicted molar refractivity (Wildman–Crippen MR) is 81.0 cm³/mol. The van der Waals surface area contributed by atoms with Gasteiger partial charge in [0.2, 0.25) is 0 Å². The Morgan fingerprint density at radius 1 is 0.947 bits per heavy atom. The van der Waals surface area contributed by atoms with Crippen LogP contribution in [0.4, 0.5) is 0 Å². The average Bonchev–Trinajstić information content (AvgIpc) is 2.77. The lowest BCUT2D eigenvalue weighted by Crippen LogP contribution is -2.43. The molecule has 1 N–H and O–H groups in total. The highest BCUT2D eigenvalue weighted by Crippen LogP contribution is 2.39. The van der Waals surface area contributed by atoms with Crippen molar-refractivity contribution in [3.8, 4) is 0 Å². The standard InChI is InChI=1S/C17H32N2/c1-12(2)13-8-10-14(11-9-13)17-18-15-6-4-5-7-16(15)19(17)3/h12-18H,4-11H2,1-3H3. The van der Waals surface area contributed by atoms with Crippen molar-refractivity contribution in [3.05, 3.63) is 0 Å². The van der Waals surface area contributed by atoms with Crippen molar-refractivity contribution in [2.75, 3.05) is 7.05 Å². The summed E-state index contributed by atoms with van der Waals surface area (Å²) in [5.74, 6) is 2.79. The van der Waals surface area contributed by atoms with E-state index >= 15 is 0 Å². The number of rotatable bonds is 2. The smallest absolute Gasteiger partial charge is 0.0629 e. The van der Waals surface area contributed by atoms with Gasteiger partial charge in [0.1, 0.15) is 0 Å². The maximum Gasteiger partial charge on any atom is 0.0629 e. The van der Waals surface area contributed by atoms with Gasteiger partial charge in [-0.3, -0.25) is 10.2 Å². The van der Waals surface area contributed by atoms with E-state index in [0.717, 1.165) is 29.8 Å². The van der Waals surface area contributed by atoms with Crippen LogP contribution in [0.5, 0.6) is 0 Å². The molecule has 0 spiro atoms. The van der Waals surface area contributed by atoms with E-state index < -0.39 is 0 Å². The van der Waals surface area contributed by atoms with Gasteiger partial charge in [-0.15, -0.1) is 0 Å². The fourth-order valence-electron chi connectivity index (χ4n) is 4.93. The highest BCUT2D eigenvalue weighted by Gasteiger charge is 2.43. The second kappa shape index (κ2) is 5.73. The quantitative estimate of drug-likeness (QED) is 0.819. The van der Waals surface area contributed by atoms with Crippen LogP contribution in [-0.4, -0.2) is 30.2 Å². The van der Waals surface area contributed by atoms with Crippen molar-refractivity contribution >= 4 is 0 Å². The molecule has 19 heavy (non-hydrogen) atoms. The minimum absolute atomic E-state index is 0.682. The molecule has 0 aromatic carbocycles. The van der Waals surface area contributed by atoms with Crippen molar-refractivity contribution in [2.24, 2.45) is 17.8 Å². The van der Waals surface area contributed by atoms with Gasteiger partial charge in [0.15, 0.2) is 0 Å². The van der Waals surface area contributed by atoms with E-state index in [9.17, 15) is 0 Å². The first-order valence-corrected chi connectivity index (χ1v) is 8.65. The fraction of sp³-hybridized carbons (Fsp3) is 1.00. The van der Waals surface area contributed by atoms with Crippen LogP contribution >= 0.6 is 0 Å². The molecule has 2 aliphatic carbocycles. The van der Waals surface area contributed by atoms with Gasteiger partial charge in [-0.25, -0.2) is 0 Å². The summed E-state index contributed by atoms with van der Waals surface area (Å²) in [5.41, 5.74) is 0. The molecule has 3 rings (SSSR count). The van der Waals surface area contributed by atoms with E-state index in [1.165, 1.54) is 51.4 Å². The Bertz CT molecular complexity index is 294. The van der Waals surface area contributed by atoms with E-state index in [1.807, 2.05) is 0 Å². The van der Waals surface area contributed by atoms with Crippen LogP contribution in [0.3, 0.4) is 0 Å². The van der Waals surface area contributed by atoms with Crippen molar-refractivity contribution in [2.45, 2.75) is 83.5 Å². The van der Waals surface area contributed by atoms with E-state index in [2.05, 4.69) is 31.1 Å². The summed E-state index contributed by atoms with van der Waals surface area (Å²) in [6.07, 6.45) is 12.2. The first-order chi connectivity index (χ1) is 9.16. The molecule has 3 atom stereocenters. The minimum Gasteiger partial charge on any atom is -0.297 e. The largest absolute Gasteiger partial charge is 0.297 e. The number of hydrogen-bond donors (Lipinski definition) is 1. The Morgan fingerprint density at radius 3 is 2.26 bits per heavy atom. The molecule has 2 saturated carbocycles. The van der Waals surface area contributed by atoms with Crippen LogP contribution in [0.1, 0.15) is 65.2 Å². The van der Waals surface area contributed by atoms with E-state index in [1.54, 1.807) is 0 Å². The molecule has 1 heterocycles. The van der Waals surface area contributed by atoms with Crippen LogP contribution in [0.15, 0.2) is 0 Å². The summed E-state index contributed by atoms with van der Waals surface area (Å²) >= 11 is 0. The first kappa shape index (κ1) is 13.9. The van der Waals surface area contributed by atoms with Crippen molar-refractivity contribution in [1.82, 2.24) is 10.2 Å². The highest BCUT2D eigenvalue weighted by molar-refractivity contribution is 4.99. The van der Waals surface area contributed by atoms with E-state index in [-0.39, 0.29) is 0 Å². The monoisotopic (exact) mass is 264 g/mol. The third-order valence-corrected chi connectivity index (χ3v) is 6.28. The molecule has 3 aliphatic rings. The maximum atomic E-state index is 3.98. The summed E-state index contributed by atoms with van der Waals surface area (Å²) in [6.45, 7) is 4.80. The summed E-state index contributed by atoms with van der Waals surface area (Å²) in [5, 5.41) is 3.98. The van der Waals surface area contributed by atoms with Crippen LogP contribution in [0.25, 0.3) is 0 Å². The zero-order chi connectivity index (χ0) is 13.4. The van der Waals surface area contributed by atoms with Crippen LogP contribution in [0.2, 0.25) is 0 Å². The molecule has 0 aromatic rings. The van der Waals surface area contributed by atoms with Crippen LogP contribution in [-0.2, 0) is 0 Å². The summed E-state index contributed by atoms with van der Waals surface area (Å²) in [7, 11) is 2.38. The number of nitrogens with one attached hydrogen (secondary N) is 1. The lowest BCUT2D eigenvalue weighted by molar-refractivity contribution is 0.112. The van der Waals surface area contributed by atoms with E-state index in [0.29, 0.717) is 6.17 Å². The molecule has 1 saturated heterocycles. The lowest BCUT2D eigenvalue weighted by atomic mass is 9.76. The fourth-order valence-corrected chi connectivity index (χ4v) is 4.93. The minimum atomic E-state index is 0.682. The molecule has 2 heteroatoms. The van der Waals surface area contributed by atoms with Gasteiger partial charge < -0.3 is 0 Å². The Balaban J connectivity index is 1.58. The van der Waals surface area contributed by atoms with Crippen LogP contribution in [0, 0.1) is 17.8 Å². The molecule has 0 radical (unpaired) electrons. The zero-order valence-corrected chi connectivity index (χ0v) is 13.1. The Kier molecular flexibility index (Phi) is 4.19. The Hall–Kier alpha value is -0.0800. The lowest BCUT2D eigenvalue weighted by Gasteiger charge is -2.37. The van der Waals surface area contributed by atoms with Gasteiger partial charge in [0.25, 0.3) is 0 Å². The van der Waals surface area contributed by atoms with Gasteiger partial charge in [0, 0.05) is 12.1 Å². The molecule has 1 aliphatic heterocycles. The van der Waals surface area contributed by atoms with Crippen LogP contribution < -0.4 is 5.32 Å². The number of hydrogen-bond acceptors (Lipinski definition) is 2. The van der Waals surface area contributed by atoms with Crippen molar-refractivity contribution < 1.29 is 0 Å². The topological polar surface area (TPSA) is 15.3 Å². The molecule has 3 unspecified atom stereocenters. The Morgan fingerprint density at radius 2 is 1.63 bits per heavy atom. The summed E-state index contributed by atoms with van der Waals surface area (Å²) in [6, 6.07) is 1.63. The summed E-state index contributed by atoms with van der Waals surface area (Å²) < 4.78 is 0. The van der Waals surface area contributed by atoms with Gasteiger partial charge in [-0.2, -0.15) is 0 Å². The third kappa shape index (κ3) is 2.71. The van der Waals surface area contributed by atoms with Crippen molar-refractivity contribution in [1.29, 1.82) is 0 Å².